The first-order valence-corrected chi connectivity index (χ1v) is 7.61. The number of rotatable bonds is 2. The maximum absolute atomic E-state index is 6.76. The van der Waals surface area contributed by atoms with Crippen molar-refractivity contribution >= 4 is 27.5 Å². The molecule has 0 aromatic heterocycles. The highest BCUT2D eigenvalue weighted by molar-refractivity contribution is 9.10. The summed E-state index contributed by atoms with van der Waals surface area (Å²) >= 11 is 10.3. The van der Waals surface area contributed by atoms with Crippen molar-refractivity contribution in [1.29, 1.82) is 0 Å². The Hall–Kier alpha value is -0.790. The average molecular weight is 338 g/mol. The number of alkyl halides is 1. The van der Waals surface area contributed by atoms with Crippen molar-refractivity contribution in [2.45, 2.75) is 33.1 Å². The zero-order valence-corrected chi connectivity index (χ0v) is 14.1. The van der Waals surface area contributed by atoms with E-state index in [0.29, 0.717) is 0 Å². The Morgan fingerprint density at radius 1 is 0.895 bits per heavy atom. The van der Waals surface area contributed by atoms with E-state index in [2.05, 4.69) is 74.0 Å². The predicted octanol–water partition coefficient (Wildman–Crippen LogP) is 6.01. The van der Waals surface area contributed by atoms with Gasteiger partial charge in [0, 0.05) is 4.47 Å². The van der Waals surface area contributed by atoms with E-state index in [1.165, 1.54) is 33.4 Å². The molecular formula is C17H18BrCl. The second kappa shape index (κ2) is 5.68. The molecule has 2 heteroatoms. The first kappa shape index (κ1) is 14.6. The Bertz CT molecular complexity index is 597. The quantitative estimate of drug-likeness (QED) is 0.589. The van der Waals surface area contributed by atoms with Gasteiger partial charge in [-0.3, -0.25) is 0 Å². The molecule has 0 bridgehead atoms. The van der Waals surface area contributed by atoms with Crippen LogP contribution in [0.15, 0.2) is 34.8 Å². The molecule has 0 saturated carbocycles. The summed E-state index contributed by atoms with van der Waals surface area (Å²) in [5.41, 5.74) is 7.37. The third kappa shape index (κ3) is 2.88. The lowest BCUT2D eigenvalue weighted by Crippen LogP contribution is -2.02. The molecule has 0 aliphatic carbocycles. The molecule has 0 fully saturated rings. The highest BCUT2D eigenvalue weighted by Crippen LogP contribution is 2.36. The third-order valence-corrected chi connectivity index (χ3v) is 4.92. The third-order valence-electron chi connectivity index (χ3n) is 3.62. The van der Waals surface area contributed by atoms with E-state index in [9.17, 15) is 0 Å². The van der Waals surface area contributed by atoms with Crippen LogP contribution in [0, 0.1) is 27.7 Å². The van der Waals surface area contributed by atoms with Crippen LogP contribution in [-0.2, 0) is 0 Å². The SMILES string of the molecule is Cc1cc(C(Cl)c2c(C)cccc2C)c(C)cc1Br. The molecule has 2 aromatic carbocycles. The first-order valence-electron chi connectivity index (χ1n) is 6.38. The van der Waals surface area contributed by atoms with Crippen molar-refractivity contribution in [1.82, 2.24) is 0 Å². The fourth-order valence-corrected chi connectivity index (χ4v) is 3.50. The van der Waals surface area contributed by atoms with Crippen LogP contribution in [0.25, 0.3) is 0 Å². The standard InChI is InChI=1S/C17H18BrCl/c1-10-6-5-7-11(2)16(10)17(19)14-8-13(4)15(18)9-12(14)3/h5-9,17H,1-4H3. The van der Waals surface area contributed by atoms with Gasteiger partial charge in [0.05, 0.1) is 5.38 Å². The number of aryl methyl sites for hydroxylation is 4. The van der Waals surface area contributed by atoms with Crippen molar-refractivity contribution < 1.29 is 0 Å². The summed E-state index contributed by atoms with van der Waals surface area (Å²) in [4.78, 5) is 0. The van der Waals surface area contributed by atoms with Gasteiger partial charge in [-0.15, -0.1) is 11.6 Å². The molecule has 0 spiro atoms. The molecule has 0 aliphatic rings. The highest BCUT2D eigenvalue weighted by atomic mass is 79.9. The molecule has 19 heavy (non-hydrogen) atoms. The smallest absolute Gasteiger partial charge is 0.0843 e. The summed E-state index contributed by atoms with van der Waals surface area (Å²) in [6, 6.07) is 10.7. The fourth-order valence-electron chi connectivity index (χ4n) is 2.46. The lowest BCUT2D eigenvalue weighted by atomic mass is 9.92. The maximum Gasteiger partial charge on any atom is 0.0843 e. The Morgan fingerprint density at radius 3 is 2.05 bits per heavy atom. The van der Waals surface area contributed by atoms with Crippen molar-refractivity contribution in [2.75, 3.05) is 0 Å². The first-order chi connectivity index (χ1) is 8.91. The topological polar surface area (TPSA) is 0 Å². The molecule has 2 rings (SSSR count). The van der Waals surface area contributed by atoms with Crippen LogP contribution in [0.5, 0.6) is 0 Å². The van der Waals surface area contributed by atoms with Crippen LogP contribution in [0.1, 0.15) is 38.8 Å². The molecule has 2 aromatic rings. The fraction of sp³-hybridized carbons (Fsp3) is 0.294. The largest absolute Gasteiger partial charge is 0.113 e. The zero-order chi connectivity index (χ0) is 14.2. The molecule has 1 atom stereocenters. The van der Waals surface area contributed by atoms with Crippen molar-refractivity contribution in [3.63, 3.8) is 0 Å². The van der Waals surface area contributed by atoms with Crippen molar-refractivity contribution in [3.8, 4) is 0 Å². The van der Waals surface area contributed by atoms with Gasteiger partial charge in [0.15, 0.2) is 0 Å². The number of benzene rings is 2. The Labute approximate surface area is 128 Å². The Balaban J connectivity index is 2.56. The molecule has 0 aliphatic heterocycles. The van der Waals surface area contributed by atoms with E-state index in [1.54, 1.807) is 0 Å². The van der Waals surface area contributed by atoms with Crippen LogP contribution < -0.4 is 0 Å². The summed E-state index contributed by atoms with van der Waals surface area (Å²) in [6.45, 7) is 8.46. The monoisotopic (exact) mass is 336 g/mol. The summed E-state index contributed by atoms with van der Waals surface area (Å²) < 4.78 is 1.14. The average Bonchev–Trinajstić information content (AvgIpc) is 2.33. The predicted molar refractivity (Wildman–Crippen MR) is 87.2 cm³/mol. The molecule has 0 nitrogen and oxygen atoms in total. The molecule has 0 saturated heterocycles. The van der Waals surface area contributed by atoms with E-state index >= 15 is 0 Å². The minimum absolute atomic E-state index is 0.0898. The van der Waals surface area contributed by atoms with Gasteiger partial charge in [0.25, 0.3) is 0 Å². The van der Waals surface area contributed by atoms with Gasteiger partial charge in [-0.1, -0.05) is 40.2 Å². The highest BCUT2D eigenvalue weighted by Gasteiger charge is 2.18. The van der Waals surface area contributed by atoms with Crippen molar-refractivity contribution in [2.24, 2.45) is 0 Å². The second-order valence-electron chi connectivity index (χ2n) is 5.13. The van der Waals surface area contributed by atoms with E-state index in [-0.39, 0.29) is 5.38 Å². The number of halogens is 2. The normalized spacial score (nSPS) is 12.5. The van der Waals surface area contributed by atoms with Crippen LogP contribution in [0.2, 0.25) is 0 Å². The number of hydrogen-bond acceptors (Lipinski definition) is 0. The second-order valence-corrected chi connectivity index (χ2v) is 6.42. The molecule has 0 radical (unpaired) electrons. The Kier molecular flexibility index (Phi) is 4.37. The zero-order valence-electron chi connectivity index (χ0n) is 11.7. The van der Waals surface area contributed by atoms with Gasteiger partial charge < -0.3 is 0 Å². The van der Waals surface area contributed by atoms with Gasteiger partial charge in [-0.05, 0) is 67.1 Å². The van der Waals surface area contributed by atoms with Crippen molar-refractivity contribution in [3.05, 3.63) is 68.2 Å². The summed E-state index contributed by atoms with van der Waals surface area (Å²) in [7, 11) is 0. The summed E-state index contributed by atoms with van der Waals surface area (Å²) in [6.07, 6.45) is 0. The van der Waals surface area contributed by atoms with E-state index in [4.69, 9.17) is 11.6 Å². The lowest BCUT2D eigenvalue weighted by molar-refractivity contribution is 1.06. The van der Waals surface area contributed by atoms with Gasteiger partial charge in [-0.2, -0.15) is 0 Å². The molecule has 100 valence electrons. The van der Waals surface area contributed by atoms with Gasteiger partial charge in [-0.25, -0.2) is 0 Å². The van der Waals surface area contributed by atoms with Crippen LogP contribution in [-0.4, -0.2) is 0 Å². The number of hydrogen-bond donors (Lipinski definition) is 0. The lowest BCUT2D eigenvalue weighted by Gasteiger charge is -2.19. The van der Waals surface area contributed by atoms with Gasteiger partial charge >= 0.3 is 0 Å². The minimum atomic E-state index is -0.0898. The van der Waals surface area contributed by atoms with E-state index in [0.717, 1.165) is 4.47 Å². The van der Waals surface area contributed by atoms with E-state index in [1.807, 2.05) is 0 Å². The van der Waals surface area contributed by atoms with Crippen LogP contribution in [0.4, 0.5) is 0 Å². The van der Waals surface area contributed by atoms with Crippen LogP contribution >= 0.6 is 27.5 Å². The van der Waals surface area contributed by atoms with Gasteiger partial charge in [0.1, 0.15) is 0 Å². The molecule has 0 N–H and O–H groups in total. The van der Waals surface area contributed by atoms with Crippen LogP contribution in [0.3, 0.4) is 0 Å². The molecule has 1 unspecified atom stereocenters. The van der Waals surface area contributed by atoms with E-state index < -0.39 is 0 Å². The minimum Gasteiger partial charge on any atom is -0.113 e. The maximum atomic E-state index is 6.76. The summed E-state index contributed by atoms with van der Waals surface area (Å²) in [5, 5.41) is -0.0898. The van der Waals surface area contributed by atoms with Gasteiger partial charge in [0.2, 0.25) is 0 Å². The molecule has 0 heterocycles. The molecule has 0 amide bonds. The molecular weight excluding hydrogens is 320 g/mol. The summed E-state index contributed by atoms with van der Waals surface area (Å²) in [5.74, 6) is 0. The Morgan fingerprint density at radius 2 is 1.47 bits per heavy atom.